The zero-order valence-corrected chi connectivity index (χ0v) is 11.4. The molecule has 21 heavy (non-hydrogen) atoms. The molecule has 0 spiro atoms. The molecule has 1 heterocycles. The number of nitrogens with one attached hydrogen (secondary N) is 1. The number of hydrogen-bond donors (Lipinski definition) is 1. The molecule has 2 aromatic rings. The van der Waals surface area contributed by atoms with E-state index < -0.39 is 11.7 Å². The van der Waals surface area contributed by atoms with Crippen LogP contribution in [-0.4, -0.2) is 15.6 Å². The number of alkyl halides is 3. The summed E-state index contributed by atoms with van der Waals surface area (Å²) in [5.41, 5.74) is 0.993. The van der Waals surface area contributed by atoms with E-state index in [1.807, 2.05) is 4.57 Å². The Bertz CT molecular complexity index is 615. The zero-order valence-electron chi connectivity index (χ0n) is 11.4. The number of hydrogen-bond acceptors (Lipinski definition) is 2. The Hall–Kier alpha value is -1.82. The van der Waals surface area contributed by atoms with Crippen LogP contribution in [0.3, 0.4) is 0 Å². The van der Waals surface area contributed by atoms with Gasteiger partial charge in [-0.15, -0.1) is 0 Å². The van der Waals surface area contributed by atoms with Gasteiger partial charge in [-0.05, 0) is 30.5 Å². The summed E-state index contributed by atoms with van der Waals surface area (Å²) >= 11 is 0. The molecule has 1 fully saturated rings. The Balaban J connectivity index is 1.72. The molecule has 112 valence electrons. The molecular formula is C15H16F3N3. The van der Waals surface area contributed by atoms with Crippen LogP contribution in [0, 0.1) is 0 Å². The standard InChI is InChI=1S/C15H16F3N3/c16-15(17,18)12-3-1-2-11(6-12)9-21-10-19-7-14(21)8-20-13-4-5-13/h1-3,6-7,10,13,20H,4-5,8-9H2. The number of imidazole rings is 1. The molecule has 0 radical (unpaired) electrons. The Labute approximate surface area is 120 Å². The van der Waals surface area contributed by atoms with Gasteiger partial charge in [0.25, 0.3) is 0 Å². The number of rotatable bonds is 5. The maximum atomic E-state index is 12.7. The third kappa shape index (κ3) is 3.64. The van der Waals surface area contributed by atoms with Crippen LogP contribution in [-0.2, 0) is 19.3 Å². The lowest BCUT2D eigenvalue weighted by atomic mass is 10.1. The van der Waals surface area contributed by atoms with E-state index >= 15 is 0 Å². The van der Waals surface area contributed by atoms with Gasteiger partial charge in [-0.2, -0.15) is 13.2 Å². The first kappa shape index (κ1) is 14.1. The lowest BCUT2D eigenvalue weighted by Gasteiger charge is -2.11. The third-order valence-corrected chi connectivity index (χ3v) is 3.55. The third-order valence-electron chi connectivity index (χ3n) is 3.55. The van der Waals surface area contributed by atoms with E-state index in [2.05, 4.69) is 10.3 Å². The first-order valence-electron chi connectivity index (χ1n) is 6.91. The van der Waals surface area contributed by atoms with Gasteiger partial charge < -0.3 is 9.88 Å². The van der Waals surface area contributed by atoms with E-state index in [4.69, 9.17) is 0 Å². The Kier molecular flexibility index (Phi) is 3.71. The van der Waals surface area contributed by atoms with Crippen LogP contribution < -0.4 is 5.32 Å². The Morgan fingerprint density at radius 3 is 2.81 bits per heavy atom. The predicted molar refractivity (Wildman–Crippen MR) is 72.6 cm³/mol. The van der Waals surface area contributed by atoms with Gasteiger partial charge in [-0.1, -0.05) is 12.1 Å². The summed E-state index contributed by atoms with van der Waals surface area (Å²) in [6.45, 7) is 1.09. The van der Waals surface area contributed by atoms with E-state index in [0.29, 0.717) is 24.7 Å². The molecule has 0 bridgehead atoms. The minimum absolute atomic E-state index is 0.394. The van der Waals surface area contributed by atoms with Crippen molar-refractivity contribution in [1.82, 2.24) is 14.9 Å². The van der Waals surface area contributed by atoms with Crippen molar-refractivity contribution < 1.29 is 13.2 Å². The summed E-state index contributed by atoms with van der Waals surface area (Å²) in [7, 11) is 0. The van der Waals surface area contributed by atoms with Crippen molar-refractivity contribution in [1.29, 1.82) is 0 Å². The molecule has 1 aliphatic rings. The van der Waals surface area contributed by atoms with Crippen LogP contribution in [0.15, 0.2) is 36.8 Å². The number of halogens is 3. The molecule has 1 aromatic carbocycles. The maximum Gasteiger partial charge on any atom is 0.416 e. The van der Waals surface area contributed by atoms with E-state index in [9.17, 15) is 13.2 Å². The van der Waals surface area contributed by atoms with Gasteiger partial charge in [0.2, 0.25) is 0 Å². The zero-order chi connectivity index (χ0) is 14.9. The second kappa shape index (κ2) is 5.52. The average molecular weight is 295 g/mol. The second-order valence-corrected chi connectivity index (χ2v) is 5.37. The molecule has 0 amide bonds. The number of aromatic nitrogens is 2. The molecule has 6 heteroatoms. The van der Waals surface area contributed by atoms with Gasteiger partial charge in [0, 0.05) is 25.3 Å². The number of nitrogens with zero attached hydrogens (tertiary/aromatic N) is 2. The minimum Gasteiger partial charge on any atom is -0.329 e. The van der Waals surface area contributed by atoms with Crippen molar-refractivity contribution >= 4 is 0 Å². The fourth-order valence-corrected chi connectivity index (χ4v) is 2.22. The molecule has 3 rings (SSSR count). The molecule has 0 atom stereocenters. The smallest absolute Gasteiger partial charge is 0.329 e. The van der Waals surface area contributed by atoms with Gasteiger partial charge in [-0.3, -0.25) is 0 Å². The van der Waals surface area contributed by atoms with Gasteiger partial charge in [0.15, 0.2) is 0 Å². The van der Waals surface area contributed by atoms with Crippen molar-refractivity contribution in [3.63, 3.8) is 0 Å². The molecule has 0 saturated heterocycles. The van der Waals surface area contributed by atoms with Crippen molar-refractivity contribution in [3.8, 4) is 0 Å². The highest BCUT2D eigenvalue weighted by molar-refractivity contribution is 5.26. The van der Waals surface area contributed by atoms with Crippen LogP contribution in [0.2, 0.25) is 0 Å². The van der Waals surface area contributed by atoms with Gasteiger partial charge in [0.1, 0.15) is 0 Å². The summed E-state index contributed by atoms with van der Waals surface area (Å²) < 4.78 is 40.0. The van der Waals surface area contributed by atoms with Crippen molar-refractivity contribution in [2.45, 2.75) is 38.1 Å². The molecule has 1 saturated carbocycles. The molecule has 1 aliphatic carbocycles. The highest BCUT2D eigenvalue weighted by Gasteiger charge is 2.30. The van der Waals surface area contributed by atoms with E-state index in [1.165, 1.54) is 25.0 Å². The van der Waals surface area contributed by atoms with Crippen molar-refractivity contribution in [2.75, 3.05) is 0 Å². The normalized spacial score (nSPS) is 15.4. The predicted octanol–water partition coefficient (Wildman–Crippen LogP) is 3.20. The second-order valence-electron chi connectivity index (χ2n) is 5.37. The summed E-state index contributed by atoms with van der Waals surface area (Å²) in [5, 5.41) is 3.38. The first-order valence-corrected chi connectivity index (χ1v) is 6.91. The molecule has 0 unspecified atom stereocenters. The number of benzene rings is 1. The van der Waals surface area contributed by atoms with E-state index in [0.717, 1.165) is 11.8 Å². The molecule has 3 nitrogen and oxygen atoms in total. The largest absolute Gasteiger partial charge is 0.416 e. The summed E-state index contributed by atoms with van der Waals surface area (Å²) in [6.07, 6.45) is 1.50. The topological polar surface area (TPSA) is 29.9 Å². The van der Waals surface area contributed by atoms with Gasteiger partial charge >= 0.3 is 6.18 Å². The Morgan fingerprint density at radius 2 is 2.10 bits per heavy atom. The lowest BCUT2D eigenvalue weighted by molar-refractivity contribution is -0.137. The highest BCUT2D eigenvalue weighted by atomic mass is 19.4. The van der Waals surface area contributed by atoms with Crippen LogP contribution in [0.5, 0.6) is 0 Å². The molecule has 1 N–H and O–H groups in total. The van der Waals surface area contributed by atoms with E-state index in [-0.39, 0.29) is 0 Å². The fourth-order valence-electron chi connectivity index (χ4n) is 2.22. The minimum atomic E-state index is -4.30. The van der Waals surface area contributed by atoms with Crippen molar-refractivity contribution in [3.05, 3.63) is 53.6 Å². The summed E-state index contributed by atoms with van der Waals surface area (Å²) in [4.78, 5) is 4.09. The molecular weight excluding hydrogens is 279 g/mol. The SMILES string of the molecule is FC(F)(F)c1cccc(Cn2cncc2CNC2CC2)c1. The van der Waals surface area contributed by atoms with Gasteiger partial charge in [0.05, 0.1) is 17.6 Å². The van der Waals surface area contributed by atoms with Crippen molar-refractivity contribution in [2.24, 2.45) is 0 Å². The molecule has 0 aliphatic heterocycles. The fraction of sp³-hybridized carbons (Fsp3) is 0.400. The molecule has 1 aromatic heterocycles. The highest BCUT2D eigenvalue weighted by Crippen LogP contribution is 2.29. The summed E-state index contributed by atoms with van der Waals surface area (Å²) in [6, 6.07) is 6.01. The maximum absolute atomic E-state index is 12.7. The summed E-state index contributed by atoms with van der Waals surface area (Å²) in [5.74, 6) is 0. The van der Waals surface area contributed by atoms with Crippen LogP contribution in [0.1, 0.15) is 29.7 Å². The monoisotopic (exact) mass is 295 g/mol. The Morgan fingerprint density at radius 1 is 1.29 bits per heavy atom. The lowest BCUT2D eigenvalue weighted by Crippen LogP contribution is -2.18. The average Bonchev–Trinajstić information content (AvgIpc) is 3.17. The first-order chi connectivity index (χ1) is 10.0. The van der Waals surface area contributed by atoms with Crippen LogP contribution in [0.4, 0.5) is 13.2 Å². The van der Waals surface area contributed by atoms with E-state index in [1.54, 1.807) is 18.6 Å². The van der Waals surface area contributed by atoms with Crippen LogP contribution >= 0.6 is 0 Å². The van der Waals surface area contributed by atoms with Crippen LogP contribution in [0.25, 0.3) is 0 Å². The van der Waals surface area contributed by atoms with Gasteiger partial charge in [-0.25, -0.2) is 4.98 Å². The quantitative estimate of drug-likeness (QED) is 0.918.